The first-order valence-corrected chi connectivity index (χ1v) is 11.1. The van der Waals surface area contributed by atoms with E-state index in [2.05, 4.69) is 20.9 Å². The van der Waals surface area contributed by atoms with E-state index >= 15 is 0 Å². The highest BCUT2D eigenvalue weighted by molar-refractivity contribution is 5.95. The standard InChI is InChI=1S/C20H37N9O7/c1-9(2)6-12(28-16(32)10(21)7-14(22)30)18(34)27-11(4-3-5-26-20(24)25)17(33)29-13(19(35)36)8-15(23)31/h9-13H,3-8,21H2,1-2H3,(H2,22,30)(H2,23,31)(H,27,34)(H,28,32)(H,29,33)(H,35,36)(H4,24,25,26). The summed E-state index contributed by atoms with van der Waals surface area (Å²) in [6.07, 6.45) is -0.744. The zero-order valence-electron chi connectivity index (χ0n) is 20.4. The normalized spacial score (nSPS) is 14.0. The van der Waals surface area contributed by atoms with E-state index in [0.29, 0.717) is 0 Å². The molecule has 16 nitrogen and oxygen atoms in total. The van der Waals surface area contributed by atoms with Gasteiger partial charge in [0.2, 0.25) is 29.5 Å². The van der Waals surface area contributed by atoms with E-state index in [1.165, 1.54) is 0 Å². The summed E-state index contributed by atoms with van der Waals surface area (Å²) < 4.78 is 0. The minimum absolute atomic E-state index is 0.0131. The molecule has 5 amide bonds. The number of hydrogen-bond donors (Lipinski definition) is 9. The van der Waals surface area contributed by atoms with E-state index in [-0.39, 0.29) is 37.7 Å². The van der Waals surface area contributed by atoms with Crippen LogP contribution in [-0.4, -0.2) is 77.3 Å². The second-order valence-corrected chi connectivity index (χ2v) is 8.55. The Kier molecular flexibility index (Phi) is 14.1. The van der Waals surface area contributed by atoms with E-state index < -0.39 is 72.5 Å². The minimum Gasteiger partial charge on any atom is -0.480 e. The van der Waals surface area contributed by atoms with Crippen molar-refractivity contribution in [3.8, 4) is 0 Å². The fourth-order valence-electron chi connectivity index (χ4n) is 3.01. The van der Waals surface area contributed by atoms with Crippen LogP contribution >= 0.6 is 0 Å². The lowest BCUT2D eigenvalue weighted by atomic mass is 10.0. The summed E-state index contributed by atoms with van der Waals surface area (Å²) in [5, 5.41) is 16.3. The lowest BCUT2D eigenvalue weighted by Crippen LogP contribution is -2.57. The molecule has 16 heteroatoms. The maximum atomic E-state index is 13.0. The van der Waals surface area contributed by atoms with Gasteiger partial charge in [0.1, 0.15) is 18.1 Å². The van der Waals surface area contributed by atoms with Crippen LogP contribution in [0.25, 0.3) is 0 Å². The van der Waals surface area contributed by atoms with Crippen molar-refractivity contribution in [3.63, 3.8) is 0 Å². The topological polar surface area (TPSA) is 301 Å². The van der Waals surface area contributed by atoms with Gasteiger partial charge in [0.25, 0.3) is 0 Å². The van der Waals surface area contributed by atoms with Gasteiger partial charge in [-0.1, -0.05) is 13.8 Å². The predicted octanol–water partition coefficient (Wildman–Crippen LogP) is -4.30. The highest BCUT2D eigenvalue weighted by Crippen LogP contribution is 2.08. The molecule has 204 valence electrons. The maximum absolute atomic E-state index is 13.0. The lowest BCUT2D eigenvalue weighted by molar-refractivity contribution is -0.143. The molecule has 0 aromatic rings. The quantitative estimate of drug-likeness (QED) is 0.0509. The van der Waals surface area contributed by atoms with Gasteiger partial charge >= 0.3 is 5.97 Å². The number of carbonyl (C=O) groups excluding carboxylic acids is 5. The molecule has 0 rings (SSSR count). The molecular formula is C20H37N9O7. The number of nitrogens with two attached hydrogens (primary N) is 5. The van der Waals surface area contributed by atoms with Gasteiger partial charge in [-0.2, -0.15) is 0 Å². The Labute approximate surface area is 208 Å². The molecular weight excluding hydrogens is 478 g/mol. The lowest BCUT2D eigenvalue weighted by Gasteiger charge is -2.25. The van der Waals surface area contributed by atoms with Gasteiger partial charge < -0.3 is 49.7 Å². The maximum Gasteiger partial charge on any atom is 0.326 e. The van der Waals surface area contributed by atoms with Crippen LogP contribution in [0.3, 0.4) is 0 Å². The first-order valence-electron chi connectivity index (χ1n) is 11.1. The van der Waals surface area contributed by atoms with Crippen molar-refractivity contribution in [1.82, 2.24) is 16.0 Å². The van der Waals surface area contributed by atoms with Gasteiger partial charge in [-0.15, -0.1) is 0 Å². The molecule has 0 aromatic carbocycles. The number of hydrogen-bond acceptors (Lipinski definition) is 8. The first-order chi connectivity index (χ1) is 16.6. The van der Waals surface area contributed by atoms with Crippen molar-refractivity contribution in [1.29, 1.82) is 0 Å². The zero-order chi connectivity index (χ0) is 28.0. The highest BCUT2D eigenvalue weighted by Gasteiger charge is 2.31. The largest absolute Gasteiger partial charge is 0.480 e. The number of aliphatic carboxylic acids is 1. The van der Waals surface area contributed by atoms with Crippen LogP contribution in [0.5, 0.6) is 0 Å². The summed E-state index contributed by atoms with van der Waals surface area (Å²) in [4.78, 5) is 75.6. The van der Waals surface area contributed by atoms with E-state index in [1.807, 2.05) is 0 Å². The van der Waals surface area contributed by atoms with Gasteiger partial charge in [0.15, 0.2) is 5.96 Å². The van der Waals surface area contributed by atoms with Crippen molar-refractivity contribution in [2.75, 3.05) is 6.54 Å². The van der Waals surface area contributed by atoms with Crippen molar-refractivity contribution in [3.05, 3.63) is 0 Å². The molecule has 4 unspecified atom stereocenters. The number of aliphatic imine (C=N–C) groups is 1. The second-order valence-electron chi connectivity index (χ2n) is 8.55. The minimum atomic E-state index is -1.62. The molecule has 0 saturated carbocycles. The van der Waals surface area contributed by atoms with Crippen molar-refractivity contribution < 1.29 is 33.9 Å². The Hall–Kier alpha value is -3.95. The van der Waals surface area contributed by atoms with Gasteiger partial charge in [0.05, 0.1) is 18.9 Å². The summed E-state index contributed by atoms with van der Waals surface area (Å²) in [7, 11) is 0. The average Bonchev–Trinajstić information content (AvgIpc) is 2.73. The van der Waals surface area contributed by atoms with Gasteiger partial charge in [-0.05, 0) is 25.2 Å². The Morgan fingerprint density at radius 2 is 1.28 bits per heavy atom. The van der Waals surface area contributed by atoms with Crippen LogP contribution in [0.1, 0.15) is 46.0 Å². The van der Waals surface area contributed by atoms with Crippen LogP contribution < -0.4 is 44.6 Å². The summed E-state index contributed by atoms with van der Waals surface area (Å²) in [5.41, 5.74) is 26.3. The monoisotopic (exact) mass is 515 g/mol. The van der Waals surface area contributed by atoms with E-state index in [4.69, 9.17) is 28.7 Å². The van der Waals surface area contributed by atoms with Crippen molar-refractivity contribution in [2.24, 2.45) is 39.6 Å². The zero-order valence-corrected chi connectivity index (χ0v) is 20.4. The van der Waals surface area contributed by atoms with E-state index in [9.17, 15) is 33.9 Å². The van der Waals surface area contributed by atoms with Gasteiger partial charge in [-0.25, -0.2) is 4.79 Å². The number of guanidine groups is 1. The molecule has 0 fully saturated rings. The summed E-state index contributed by atoms with van der Waals surface area (Å²) in [6, 6.07) is -5.31. The number of primary amides is 2. The second kappa shape index (κ2) is 15.9. The van der Waals surface area contributed by atoms with E-state index in [0.717, 1.165) is 0 Å². The average molecular weight is 516 g/mol. The van der Waals surface area contributed by atoms with Crippen LogP contribution in [0.2, 0.25) is 0 Å². The number of carboxylic acids is 1. The third-order valence-corrected chi connectivity index (χ3v) is 4.70. The number of carbonyl (C=O) groups is 6. The molecule has 0 radical (unpaired) electrons. The third kappa shape index (κ3) is 13.7. The van der Waals surface area contributed by atoms with Crippen LogP contribution in [0, 0.1) is 5.92 Å². The van der Waals surface area contributed by atoms with Gasteiger partial charge in [-0.3, -0.25) is 29.0 Å². The van der Waals surface area contributed by atoms with Crippen molar-refractivity contribution in [2.45, 2.75) is 70.1 Å². The van der Waals surface area contributed by atoms with Crippen LogP contribution in [0.4, 0.5) is 0 Å². The molecule has 0 spiro atoms. The number of rotatable bonds is 17. The van der Waals surface area contributed by atoms with Crippen molar-refractivity contribution >= 4 is 41.5 Å². The number of amides is 5. The molecule has 36 heavy (non-hydrogen) atoms. The van der Waals surface area contributed by atoms with Crippen LogP contribution in [-0.2, 0) is 28.8 Å². The summed E-state index contributed by atoms with van der Waals surface area (Å²) in [6.45, 7) is 3.69. The predicted molar refractivity (Wildman–Crippen MR) is 128 cm³/mol. The molecule has 0 saturated heterocycles. The summed E-state index contributed by atoms with van der Waals surface area (Å²) in [5.74, 6) is -5.97. The SMILES string of the molecule is CC(C)CC(NC(=O)C(N)CC(N)=O)C(=O)NC(CCCN=C(N)N)C(=O)NC(CC(N)=O)C(=O)O. The number of carboxylic acid groups (broad SMARTS) is 1. The molecule has 0 aliphatic heterocycles. The molecule has 14 N–H and O–H groups in total. The Balaban J connectivity index is 5.67. The molecule has 4 atom stereocenters. The Morgan fingerprint density at radius 3 is 1.75 bits per heavy atom. The molecule has 0 aliphatic rings. The molecule has 0 heterocycles. The number of nitrogens with one attached hydrogen (secondary N) is 3. The molecule has 0 bridgehead atoms. The Bertz CT molecular complexity index is 843. The Morgan fingerprint density at radius 1 is 0.778 bits per heavy atom. The van der Waals surface area contributed by atoms with Gasteiger partial charge in [0, 0.05) is 6.54 Å². The van der Waals surface area contributed by atoms with E-state index in [1.54, 1.807) is 13.8 Å². The summed E-state index contributed by atoms with van der Waals surface area (Å²) >= 11 is 0. The fourth-order valence-corrected chi connectivity index (χ4v) is 3.01. The fraction of sp³-hybridized carbons (Fsp3) is 0.650. The highest BCUT2D eigenvalue weighted by atomic mass is 16.4. The third-order valence-electron chi connectivity index (χ3n) is 4.70. The smallest absolute Gasteiger partial charge is 0.326 e. The molecule has 0 aromatic heterocycles. The van der Waals surface area contributed by atoms with Crippen LogP contribution in [0.15, 0.2) is 4.99 Å². The first kappa shape index (κ1) is 32.0. The molecule has 0 aliphatic carbocycles. The number of nitrogens with zero attached hydrogens (tertiary/aromatic N) is 1.